The van der Waals surface area contributed by atoms with Crippen molar-refractivity contribution in [2.75, 3.05) is 77.1 Å². The number of amides is 3. The Morgan fingerprint density at radius 3 is 1.85 bits per heavy atom. The minimum absolute atomic E-state index is 0.0527. The first-order valence-corrected chi connectivity index (χ1v) is 27.5. The van der Waals surface area contributed by atoms with Crippen molar-refractivity contribution in [2.24, 2.45) is 5.73 Å². The number of ether oxygens (including phenoxy) is 1. The number of aromatic nitrogens is 2. The van der Waals surface area contributed by atoms with Gasteiger partial charge in [-0.3, -0.25) is 24.6 Å². The van der Waals surface area contributed by atoms with Gasteiger partial charge < -0.3 is 41.9 Å². The van der Waals surface area contributed by atoms with Gasteiger partial charge in [-0.15, -0.1) is 0 Å². The van der Waals surface area contributed by atoms with Crippen LogP contribution in [0.3, 0.4) is 0 Å². The summed E-state index contributed by atoms with van der Waals surface area (Å²) in [6, 6.07) is 7.72. The summed E-state index contributed by atoms with van der Waals surface area (Å²) in [6.45, 7) is 16.2. The third-order valence-corrected chi connectivity index (χ3v) is 14.6. The molecule has 4 bridgehead atoms. The maximum atomic E-state index is 13.6. The standard InChI is InChI=1S/C34H58N8O7S2Si2/c1-52(2,3)23-21-50-33-25-7-9-27(41(33)47)31(45)38-14-19-49-20-15-39-32(46)28-10-8-26(34(42(28)48)51-22-24-53(4,5)6)30(44)37-13-18-40(16-11-35)17-12-36-29(25)43/h7-10,31,38,45H,11-24,35H2,1-6H3,(H,36,43)(H,37,44)(H,39,46). The molecule has 19 heteroatoms. The van der Waals surface area contributed by atoms with Gasteiger partial charge in [0.25, 0.3) is 27.6 Å². The lowest BCUT2D eigenvalue weighted by molar-refractivity contribution is -0.658. The van der Waals surface area contributed by atoms with Crippen molar-refractivity contribution in [3.05, 3.63) is 57.2 Å². The molecule has 296 valence electrons. The van der Waals surface area contributed by atoms with Gasteiger partial charge in [0, 0.05) is 92.1 Å². The lowest BCUT2D eigenvalue weighted by atomic mass is 10.2. The summed E-state index contributed by atoms with van der Waals surface area (Å²) in [5, 5.41) is 49.8. The summed E-state index contributed by atoms with van der Waals surface area (Å²) < 4.78 is 6.76. The van der Waals surface area contributed by atoms with Crippen LogP contribution in [0.5, 0.6) is 0 Å². The van der Waals surface area contributed by atoms with Gasteiger partial charge >= 0.3 is 5.91 Å². The van der Waals surface area contributed by atoms with Crippen molar-refractivity contribution in [2.45, 2.75) is 67.7 Å². The summed E-state index contributed by atoms with van der Waals surface area (Å²) >= 11 is 2.58. The van der Waals surface area contributed by atoms with Crippen LogP contribution >= 0.6 is 23.5 Å². The van der Waals surface area contributed by atoms with Crippen molar-refractivity contribution < 1.29 is 33.7 Å². The second-order valence-electron chi connectivity index (χ2n) is 15.2. The van der Waals surface area contributed by atoms with Gasteiger partial charge in [0.05, 0.1) is 13.2 Å². The van der Waals surface area contributed by atoms with Crippen LogP contribution in [0.25, 0.3) is 0 Å². The van der Waals surface area contributed by atoms with Crippen LogP contribution in [0.15, 0.2) is 34.3 Å². The van der Waals surface area contributed by atoms with Crippen molar-refractivity contribution in [3.63, 3.8) is 0 Å². The Morgan fingerprint density at radius 2 is 1.30 bits per heavy atom. The van der Waals surface area contributed by atoms with Crippen molar-refractivity contribution in [1.29, 1.82) is 0 Å². The van der Waals surface area contributed by atoms with E-state index >= 15 is 0 Å². The number of carbonyl (C=O) groups is 3. The van der Waals surface area contributed by atoms with Crippen LogP contribution in [0, 0.1) is 10.4 Å². The van der Waals surface area contributed by atoms with Crippen LogP contribution in [0.2, 0.25) is 51.4 Å². The predicted octanol–water partition coefficient (Wildman–Crippen LogP) is 1.58. The Kier molecular flexibility index (Phi) is 18.0. The zero-order valence-electron chi connectivity index (χ0n) is 31.9. The fourth-order valence-electron chi connectivity index (χ4n) is 5.12. The molecule has 6 heterocycles. The molecule has 3 amide bonds. The zero-order chi connectivity index (χ0) is 39.2. The molecular weight excluding hydrogens is 753 g/mol. The molecule has 4 aliphatic rings. The van der Waals surface area contributed by atoms with Crippen molar-refractivity contribution >= 4 is 57.4 Å². The minimum atomic E-state index is -1.44. The van der Waals surface area contributed by atoms with E-state index in [9.17, 15) is 29.9 Å². The predicted molar refractivity (Wildman–Crippen MR) is 215 cm³/mol. The first-order chi connectivity index (χ1) is 25.0. The number of nitrogens with zero attached hydrogens (tertiary/aromatic N) is 3. The lowest BCUT2D eigenvalue weighted by Crippen LogP contribution is -2.45. The number of aliphatic hydroxyl groups is 1. The van der Waals surface area contributed by atoms with Crippen LogP contribution in [0.4, 0.5) is 0 Å². The average Bonchev–Trinajstić information content (AvgIpc) is 3.07. The fourth-order valence-corrected chi connectivity index (χ4v) is 12.3. The SMILES string of the molecule is C[Si](C)(C)CCSc1c2ccc([n+]1[O-])C(=O)NCCOCCNC(O)c1ccc(c(SCC[Si](C)(C)C)[n+]1[O-])C(=O)NCCN(CCN)CCNC2=O. The highest BCUT2D eigenvalue weighted by Gasteiger charge is 2.29. The smallest absolute Gasteiger partial charge is 0.317 e. The topological polar surface area (TPSA) is 212 Å². The molecule has 1 atom stereocenters. The van der Waals surface area contributed by atoms with Crippen molar-refractivity contribution in [3.8, 4) is 0 Å². The number of thioether (sulfide) groups is 2. The van der Waals surface area contributed by atoms with Gasteiger partial charge in [-0.2, -0.15) is 9.46 Å². The molecule has 0 fully saturated rings. The van der Waals surface area contributed by atoms with E-state index in [4.69, 9.17) is 10.5 Å². The second-order valence-corrected chi connectivity index (χ2v) is 28.6. The number of nitrogens with two attached hydrogens (primary N) is 1. The van der Waals surface area contributed by atoms with E-state index < -0.39 is 40.1 Å². The van der Waals surface area contributed by atoms with E-state index in [0.29, 0.717) is 47.1 Å². The molecule has 0 saturated carbocycles. The Morgan fingerprint density at radius 1 is 0.792 bits per heavy atom. The summed E-state index contributed by atoms with van der Waals surface area (Å²) in [6.07, 6.45) is -1.32. The highest BCUT2D eigenvalue weighted by atomic mass is 32.2. The Bertz CT molecular complexity index is 1550. The van der Waals surface area contributed by atoms with Gasteiger partial charge in [-0.1, -0.05) is 62.8 Å². The maximum Gasteiger partial charge on any atom is 0.317 e. The monoisotopic (exact) mass is 810 g/mol. The number of nitrogens with one attached hydrogen (secondary N) is 4. The van der Waals surface area contributed by atoms with E-state index in [-0.39, 0.29) is 72.0 Å². The van der Waals surface area contributed by atoms with Gasteiger partial charge in [0.2, 0.25) is 5.69 Å². The third-order valence-electron chi connectivity index (χ3n) is 8.28. The molecule has 4 aliphatic heterocycles. The van der Waals surface area contributed by atoms with E-state index in [0.717, 1.165) is 12.1 Å². The van der Waals surface area contributed by atoms with Crippen LogP contribution in [-0.2, 0) is 4.74 Å². The number of aliphatic hydroxyl groups excluding tert-OH is 1. The number of carbonyl (C=O) groups excluding carboxylic acids is 3. The molecule has 6 rings (SSSR count). The van der Waals surface area contributed by atoms with E-state index in [2.05, 4.69) is 60.5 Å². The normalized spacial score (nSPS) is 18.1. The first kappa shape index (κ1) is 44.6. The molecule has 7 N–H and O–H groups in total. The van der Waals surface area contributed by atoms with E-state index in [1.54, 1.807) is 6.07 Å². The largest absolute Gasteiger partial charge is 0.618 e. The number of hydrogen-bond acceptors (Lipinski definition) is 12. The molecular formula is C34H58N8O7S2Si2. The molecule has 53 heavy (non-hydrogen) atoms. The second kappa shape index (κ2) is 21.4. The molecule has 0 aromatic carbocycles. The Labute approximate surface area is 323 Å². The molecule has 0 saturated heterocycles. The maximum absolute atomic E-state index is 13.6. The number of rotatable bonds is 10. The van der Waals surface area contributed by atoms with Crippen molar-refractivity contribution in [1.82, 2.24) is 26.2 Å². The third kappa shape index (κ3) is 14.8. The van der Waals surface area contributed by atoms with Gasteiger partial charge in [-0.25, -0.2) is 0 Å². The average molecular weight is 811 g/mol. The molecule has 0 spiro atoms. The molecule has 15 nitrogen and oxygen atoms in total. The Hall–Kier alpha value is -2.76. The van der Waals surface area contributed by atoms with Crippen LogP contribution in [0.1, 0.15) is 43.1 Å². The van der Waals surface area contributed by atoms with E-state index in [1.165, 1.54) is 41.7 Å². The fraction of sp³-hybridized carbons (Fsp3) is 0.618. The van der Waals surface area contributed by atoms with Crippen LogP contribution < -0.4 is 36.5 Å². The summed E-state index contributed by atoms with van der Waals surface area (Å²) in [5.41, 5.74) is 6.21. The molecule has 2 aromatic rings. The van der Waals surface area contributed by atoms with Crippen LogP contribution in [-0.4, -0.2) is 121 Å². The van der Waals surface area contributed by atoms with E-state index in [1.807, 2.05) is 4.90 Å². The Balaban J connectivity index is 1.85. The quantitative estimate of drug-likeness (QED) is 0.0875. The summed E-state index contributed by atoms with van der Waals surface area (Å²) in [5.74, 6) is -0.143. The summed E-state index contributed by atoms with van der Waals surface area (Å²) in [7, 11) is -2.87. The molecule has 2 aromatic heterocycles. The summed E-state index contributed by atoms with van der Waals surface area (Å²) in [4.78, 5) is 41.9. The van der Waals surface area contributed by atoms with Gasteiger partial charge in [0.15, 0.2) is 6.23 Å². The van der Waals surface area contributed by atoms with Gasteiger partial charge in [-0.05, 0) is 24.2 Å². The van der Waals surface area contributed by atoms with Gasteiger partial charge in [0.1, 0.15) is 11.1 Å². The molecule has 0 radical (unpaired) electrons. The number of pyridine rings is 2. The highest BCUT2D eigenvalue weighted by Crippen LogP contribution is 2.25. The minimum Gasteiger partial charge on any atom is -0.618 e. The molecule has 0 aliphatic carbocycles. The zero-order valence-corrected chi connectivity index (χ0v) is 35.6. The number of hydrogen-bond donors (Lipinski definition) is 6. The lowest BCUT2D eigenvalue weighted by Gasteiger charge is -2.22. The molecule has 1 unspecified atom stereocenters. The highest BCUT2D eigenvalue weighted by molar-refractivity contribution is 7.99. The first-order valence-electron chi connectivity index (χ1n) is 18.1.